The van der Waals surface area contributed by atoms with Gasteiger partial charge in [0.1, 0.15) is 17.7 Å². The van der Waals surface area contributed by atoms with Gasteiger partial charge in [0.2, 0.25) is 11.8 Å². The molecular weight excluding hydrogens is 955 g/mol. The molecule has 3 aromatic carbocycles. The van der Waals surface area contributed by atoms with Crippen molar-refractivity contribution in [1.82, 2.24) is 35.1 Å². The molecule has 12 nitrogen and oxygen atoms in total. The largest absolute Gasteiger partial charge is 0.453 e. The molecule has 2 aromatic heterocycles. The average Bonchev–Trinajstić information content (AvgIpc) is 3.66. The molecule has 1 aliphatic carbocycles. The van der Waals surface area contributed by atoms with Crippen molar-refractivity contribution in [2.24, 2.45) is 29.1 Å². The zero-order chi connectivity index (χ0) is 40.5. The lowest BCUT2D eigenvalue weighted by molar-refractivity contribution is -0.138. The van der Waals surface area contributed by atoms with Crippen LogP contribution in [0.15, 0.2) is 60.8 Å². The number of hydrogen-bond acceptors (Lipinski definition) is 7. The monoisotopic (exact) mass is 1020 g/mol. The molecule has 5 heterocycles. The van der Waals surface area contributed by atoms with Crippen molar-refractivity contribution in [2.75, 3.05) is 26.9 Å². The van der Waals surface area contributed by atoms with Gasteiger partial charge in [-0.25, -0.2) is 14.8 Å². The van der Waals surface area contributed by atoms with Gasteiger partial charge in [-0.1, -0.05) is 77.1 Å². The van der Waals surface area contributed by atoms with Crippen LogP contribution >= 0.6 is 94.5 Å². The molecule has 9 rings (SSSR count). The third kappa shape index (κ3) is 11.2. The Kier molecular flexibility index (Phi) is 21.1. The Morgan fingerprint density at radius 3 is 2.15 bits per heavy atom. The molecule has 0 bridgehead atoms. The van der Waals surface area contributed by atoms with Crippen molar-refractivity contribution in [3.8, 4) is 22.4 Å². The van der Waals surface area contributed by atoms with E-state index in [-0.39, 0.29) is 136 Å². The highest BCUT2D eigenvalue weighted by molar-refractivity contribution is 7.60. The Bertz CT molecular complexity index is 2390. The number of alkyl carbamates (subject to hydrolysis) is 1. The summed E-state index contributed by atoms with van der Waals surface area (Å²) in [4.78, 5) is 61.2. The average molecular weight is 1020 g/mol. The second-order valence-corrected chi connectivity index (χ2v) is 18.1. The maximum Gasteiger partial charge on any atom is 0.407 e. The predicted octanol–water partition coefficient (Wildman–Crippen LogP) is 8.97. The molecular formula is C46H69N7O5S7. The SMILES string of the molecule is COC(=O)N[C@H](C(=O)N1C[C@]2(CCCOC2)C[C@H]1c1nc2c(ccc3cc(-c4ccc(-c5cnc([C@@H]6C[C@@H]7C[C@@H]7N6C(=O)[C@@H](C)C(C)C)[nH]5)cc4)ccc32)[nH]1)C(C)C.S.S.S.S.S.S.S. The van der Waals surface area contributed by atoms with Crippen LogP contribution in [0.4, 0.5) is 4.79 Å². The van der Waals surface area contributed by atoms with Gasteiger partial charge in [-0.3, -0.25) is 9.59 Å². The Hall–Kier alpha value is -2.78. The van der Waals surface area contributed by atoms with Gasteiger partial charge in [0, 0.05) is 35.9 Å². The van der Waals surface area contributed by atoms with Crippen LogP contribution < -0.4 is 5.32 Å². The van der Waals surface area contributed by atoms with Crippen LogP contribution in [0.3, 0.4) is 0 Å². The van der Waals surface area contributed by atoms with E-state index in [0.29, 0.717) is 31.0 Å². The summed E-state index contributed by atoms with van der Waals surface area (Å²) in [5.41, 5.74) is 5.81. The van der Waals surface area contributed by atoms with Crippen LogP contribution in [0.1, 0.15) is 90.5 Å². The Morgan fingerprint density at radius 1 is 0.815 bits per heavy atom. The van der Waals surface area contributed by atoms with Crippen molar-refractivity contribution in [3.63, 3.8) is 0 Å². The Balaban J connectivity index is 0.00000207. The first kappa shape index (κ1) is 58.3. The number of nitrogens with zero attached hydrogens (tertiary/aromatic N) is 4. The number of aromatic nitrogens is 4. The number of hydrogen-bond donors (Lipinski definition) is 3. The number of H-pyrrole nitrogens is 2. The van der Waals surface area contributed by atoms with Crippen LogP contribution in [0.25, 0.3) is 44.2 Å². The van der Waals surface area contributed by atoms with Gasteiger partial charge in [0.15, 0.2) is 0 Å². The van der Waals surface area contributed by atoms with Gasteiger partial charge in [0.25, 0.3) is 0 Å². The fourth-order valence-electron chi connectivity index (χ4n) is 9.80. The molecule has 65 heavy (non-hydrogen) atoms. The van der Waals surface area contributed by atoms with E-state index in [0.717, 1.165) is 94.5 Å². The van der Waals surface area contributed by atoms with Crippen molar-refractivity contribution in [1.29, 1.82) is 0 Å². The zero-order valence-corrected chi connectivity index (χ0v) is 44.9. The number of likely N-dealkylation sites (tertiary alicyclic amines) is 2. The third-order valence-electron chi connectivity index (χ3n) is 13.6. The maximum atomic E-state index is 14.2. The van der Waals surface area contributed by atoms with Crippen LogP contribution in [0.2, 0.25) is 0 Å². The summed E-state index contributed by atoms with van der Waals surface area (Å²) in [5.74, 6) is 2.49. The van der Waals surface area contributed by atoms with E-state index in [2.05, 4.69) is 88.6 Å². The summed E-state index contributed by atoms with van der Waals surface area (Å²) in [5, 5.41) is 4.89. The zero-order valence-electron chi connectivity index (χ0n) is 37.9. The Labute approximate surface area is 431 Å². The third-order valence-corrected chi connectivity index (χ3v) is 13.6. The first-order valence-electron chi connectivity index (χ1n) is 21.1. The molecule has 1 spiro atoms. The van der Waals surface area contributed by atoms with Crippen LogP contribution in [-0.4, -0.2) is 86.6 Å². The molecule has 360 valence electrons. The number of nitrogens with one attached hydrogen (secondary N) is 3. The molecule has 7 atom stereocenters. The topological polar surface area (TPSA) is 146 Å². The Morgan fingerprint density at radius 2 is 1.51 bits per heavy atom. The van der Waals surface area contributed by atoms with Gasteiger partial charge in [0.05, 0.1) is 48.7 Å². The standard InChI is InChI=1S/C46H55N7O5.7H2S/c1-25(2)27(5)43(54)53-36-19-32(36)20-37(53)41-47-22-35(49-41)29-10-8-28(9-11-29)30-12-14-33-31(18-30)13-15-34-40(33)50-42(48-34)38-21-46(16-7-17-58-24-46)23-52(38)44(55)39(26(3)4)51-45(56)57-6;;;;;;;/h8-15,18,22,25-27,32,36-39H,7,16-17,19-21,23-24H2,1-6H3,(H,47,49)(H,48,50)(H,51,56);7*1H2/t27-,32-,36-,37-,38-,39-,46-;;;;;;;/m0......./s1. The van der Waals surface area contributed by atoms with E-state index in [9.17, 15) is 14.4 Å². The molecule has 3 N–H and O–H groups in total. The lowest BCUT2D eigenvalue weighted by atomic mass is 9.80. The second kappa shape index (κ2) is 23.5. The number of ether oxygens (including phenoxy) is 2. The fourth-order valence-corrected chi connectivity index (χ4v) is 9.80. The van der Waals surface area contributed by atoms with Gasteiger partial charge in [-0.2, -0.15) is 94.5 Å². The number of amides is 3. The van der Waals surface area contributed by atoms with E-state index in [4.69, 9.17) is 19.4 Å². The smallest absolute Gasteiger partial charge is 0.407 e. The predicted molar refractivity (Wildman–Crippen MR) is 295 cm³/mol. The first-order chi connectivity index (χ1) is 27.9. The summed E-state index contributed by atoms with van der Waals surface area (Å²) >= 11 is 0. The number of imidazole rings is 2. The number of carbonyl (C=O) groups excluding carboxylic acids is 3. The van der Waals surface area contributed by atoms with E-state index in [1.165, 1.54) is 7.11 Å². The number of benzene rings is 3. The van der Waals surface area contributed by atoms with E-state index < -0.39 is 12.1 Å². The molecule has 4 fully saturated rings. The minimum absolute atomic E-state index is 0. The number of aromatic amines is 2. The highest BCUT2D eigenvalue weighted by Gasteiger charge is 2.56. The molecule has 4 aliphatic rings. The van der Waals surface area contributed by atoms with E-state index >= 15 is 0 Å². The number of carbonyl (C=O) groups is 3. The van der Waals surface area contributed by atoms with Gasteiger partial charge < -0.3 is 34.6 Å². The molecule has 0 radical (unpaired) electrons. The number of rotatable bonds is 9. The summed E-state index contributed by atoms with van der Waals surface area (Å²) in [7, 11) is 1.31. The van der Waals surface area contributed by atoms with Gasteiger partial charge >= 0.3 is 6.09 Å². The van der Waals surface area contributed by atoms with Crippen LogP contribution in [0, 0.1) is 29.1 Å². The molecule has 3 aliphatic heterocycles. The minimum atomic E-state index is -0.729. The van der Waals surface area contributed by atoms with Gasteiger partial charge in [-0.05, 0) is 84.1 Å². The number of piperidine rings is 1. The summed E-state index contributed by atoms with van der Waals surface area (Å²) in [6.45, 7) is 12.0. The molecule has 0 unspecified atom stereocenters. The van der Waals surface area contributed by atoms with Crippen molar-refractivity contribution < 1.29 is 23.9 Å². The maximum absolute atomic E-state index is 14.2. The molecule has 19 heteroatoms. The highest BCUT2D eigenvalue weighted by Crippen LogP contribution is 2.54. The normalized spacial score (nSPS) is 22.5. The van der Waals surface area contributed by atoms with Crippen molar-refractivity contribution >= 4 is 134 Å². The number of methoxy groups -OCH3 is 1. The fraction of sp³-hybridized carbons (Fsp3) is 0.500. The van der Waals surface area contributed by atoms with Crippen LogP contribution in [-0.2, 0) is 19.1 Å². The quantitative estimate of drug-likeness (QED) is 0.134. The highest BCUT2D eigenvalue weighted by atomic mass is 32.1. The van der Waals surface area contributed by atoms with E-state index in [1.54, 1.807) is 0 Å². The van der Waals surface area contributed by atoms with E-state index in [1.807, 2.05) is 31.9 Å². The van der Waals surface area contributed by atoms with Crippen LogP contribution in [0.5, 0.6) is 0 Å². The second-order valence-electron chi connectivity index (χ2n) is 18.1. The van der Waals surface area contributed by atoms with Crippen molar-refractivity contribution in [3.05, 3.63) is 72.4 Å². The summed E-state index contributed by atoms with van der Waals surface area (Å²) in [6.07, 6.45) is 6.02. The van der Waals surface area contributed by atoms with Crippen molar-refractivity contribution in [2.45, 2.75) is 90.9 Å². The minimum Gasteiger partial charge on any atom is -0.453 e. The summed E-state index contributed by atoms with van der Waals surface area (Å²) in [6, 6.07) is 18.5. The molecule has 3 amide bonds. The first-order valence-corrected chi connectivity index (χ1v) is 21.1. The molecule has 5 aromatic rings. The number of fused-ring (bicyclic) bond motifs is 4. The summed E-state index contributed by atoms with van der Waals surface area (Å²) < 4.78 is 10.8. The molecule has 3 saturated heterocycles. The lowest BCUT2D eigenvalue weighted by Gasteiger charge is -2.33. The molecule has 1 saturated carbocycles. The van der Waals surface area contributed by atoms with Gasteiger partial charge in [-0.15, -0.1) is 0 Å². The lowest BCUT2D eigenvalue weighted by Crippen LogP contribution is -2.51.